The molecule has 0 radical (unpaired) electrons. The Bertz CT molecular complexity index is 1420. The molecule has 0 saturated heterocycles. The summed E-state index contributed by atoms with van der Waals surface area (Å²) >= 11 is 0. The molecule has 3 atom stereocenters. The molecule has 4 nitrogen and oxygen atoms in total. The molecular formula is C32H32FN3O. The molecule has 3 aromatic carbocycles. The van der Waals surface area contributed by atoms with Gasteiger partial charge in [-0.1, -0.05) is 66.6 Å². The van der Waals surface area contributed by atoms with Gasteiger partial charge in [0.15, 0.2) is 0 Å². The Kier molecular flexibility index (Phi) is 6.39. The maximum atomic E-state index is 13.5. The fraction of sp³-hybridized carbons (Fsp3) is 0.281. The molecule has 0 spiro atoms. The van der Waals surface area contributed by atoms with Crippen molar-refractivity contribution in [2.45, 2.75) is 51.1 Å². The van der Waals surface area contributed by atoms with E-state index < -0.39 is 0 Å². The molecule has 0 aliphatic heterocycles. The maximum Gasteiger partial charge on any atom is 0.123 e. The number of halogens is 1. The largest absolute Gasteiger partial charge is 0.508 e. The molecule has 2 aliphatic rings. The average Bonchev–Trinajstić information content (AvgIpc) is 3.53. The minimum Gasteiger partial charge on any atom is -0.508 e. The topological polar surface area (TPSA) is 50.1 Å². The number of benzene rings is 3. The number of rotatable bonds is 7. The van der Waals surface area contributed by atoms with Crippen LogP contribution in [0.2, 0.25) is 0 Å². The van der Waals surface area contributed by atoms with E-state index in [1.165, 1.54) is 29.0 Å². The van der Waals surface area contributed by atoms with E-state index in [-0.39, 0.29) is 11.9 Å². The minimum atomic E-state index is -0.231. The molecular weight excluding hydrogens is 461 g/mol. The van der Waals surface area contributed by atoms with Crippen LogP contribution in [0.25, 0.3) is 5.69 Å². The van der Waals surface area contributed by atoms with Gasteiger partial charge in [0.25, 0.3) is 0 Å². The minimum absolute atomic E-state index is 0.188. The van der Waals surface area contributed by atoms with Gasteiger partial charge in [-0.2, -0.15) is 5.10 Å². The molecule has 188 valence electrons. The zero-order valence-corrected chi connectivity index (χ0v) is 21.1. The number of nitrogens with zero attached hydrogens (tertiary/aromatic N) is 2. The van der Waals surface area contributed by atoms with Crippen LogP contribution in [0.5, 0.6) is 5.75 Å². The van der Waals surface area contributed by atoms with Gasteiger partial charge in [-0.05, 0) is 61.1 Å². The quantitative estimate of drug-likeness (QED) is 0.272. The highest BCUT2D eigenvalue weighted by Crippen LogP contribution is 2.49. The maximum absolute atomic E-state index is 13.5. The summed E-state index contributed by atoms with van der Waals surface area (Å²) in [6.45, 7) is 2.93. The zero-order chi connectivity index (χ0) is 25.4. The van der Waals surface area contributed by atoms with E-state index in [1.54, 1.807) is 29.3 Å². The van der Waals surface area contributed by atoms with Crippen LogP contribution >= 0.6 is 0 Å². The predicted octanol–water partition coefficient (Wildman–Crippen LogP) is 7.00. The van der Waals surface area contributed by atoms with Crippen LogP contribution in [0.4, 0.5) is 4.39 Å². The summed E-state index contributed by atoms with van der Waals surface area (Å²) in [6.07, 6.45) is 6.20. The summed E-state index contributed by atoms with van der Waals surface area (Å²) in [5, 5.41) is 18.7. The Hall–Kier alpha value is -3.70. The van der Waals surface area contributed by atoms with Crippen molar-refractivity contribution in [1.29, 1.82) is 0 Å². The molecule has 37 heavy (non-hydrogen) atoms. The van der Waals surface area contributed by atoms with E-state index >= 15 is 0 Å². The van der Waals surface area contributed by atoms with Gasteiger partial charge >= 0.3 is 0 Å². The first kappa shape index (κ1) is 23.7. The number of para-hydroxylation sites is 1. The van der Waals surface area contributed by atoms with E-state index in [2.05, 4.69) is 42.6 Å². The molecule has 6 rings (SSSR count). The predicted molar refractivity (Wildman–Crippen MR) is 144 cm³/mol. The number of nitrogens with one attached hydrogen (secondary N) is 1. The van der Waals surface area contributed by atoms with Gasteiger partial charge in [0.2, 0.25) is 0 Å². The van der Waals surface area contributed by atoms with Gasteiger partial charge in [-0.3, -0.25) is 0 Å². The SMILES string of the molecule is C[C@@H]1C2=C(CC[C@@H]2CC(NCc2ccccc2O)c2ccccc2)Cc2c1cnn2-c1ccc(F)cc1. The fourth-order valence-corrected chi connectivity index (χ4v) is 6.33. The number of phenolic OH excluding ortho intramolecular Hbond substituents is 1. The van der Waals surface area contributed by atoms with Gasteiger partial charge in [-0.25, -0.2) is 9.07 Å². The van der Waals surface area contributed by atoms with Crippen molar-refractivity contribution < 1.29 is 9.50 Å². The highest BCUT2D eigenvalue weighted by molar-refractivity contribution is 5.47. The lowest BCUT2D eigenvalue weighted by Crippen LogP contribution is -2.25. The number of aromatic nitrogens is 2. The summed E-state index contributed by atoms with van der Waals surface area (Å²) in [4.78, 5) is 0. The first-order valence-electron chi connectivity index (χ1n) is 13.2. The van der Waals surface area contributed by atoms with E-state index in [4.69, 9.17) is 5.10 Å². The standard InChI is InChI=1S/C32H32FN3O/c1-21-28-20-35-36(27-15-13-26(33)14-16-27)30(28)18-24-12-11-23(32(21)24)17-29(22-7-3-2-4-8-22)34-19-25-9-5-6-10-31(25)37/h2-10,13-16,20-21,23,29,34,37H,11-12,17-19H2,1H3/t21-,23+,29?/m0/s1. The second kappa shape index (κ2) is 9.98. The molecule has 1 heterocycles. The van der Waals surface area contributed by atoms with Gasteiger partial charge in [-0.15, -0.1) is 0 Å². The third kappa shape index (κ3) is 4.60. The highest BCUT2D eigenvalue weighted by atomic mass is 19.1. The van der Waals surface area contributed by atoms with Crippen LogP contribution in [0.1, 0.15) is 60.5 Å². The molecule has 2 aliphatic carbocycles. The van der Waals surface area contributed by atoms with Crippen molar-refractivity contribution in [3.63, 3.8) is 0 Å². The molecule has 0 bridgehead atoms. The number of hydrogen-bond acceptors (Lipinski definition) is 3. The lowest BCUT2D eigenvalue weighted by atomic mass is 9.77. The second-order valence-electron chi connectivity index (χ2n) is 10.3. The molecule has 1 unspecified atom stereocenters. The smallest absolute Gasteiger partial charge is 0.123 e. The van der Waals surface area contributed by atoms with Crippen LogP contribution in [0, 0.1) is 11.7 Å². The van der Waals surface area contributed by atoms with E-state index in [1.807, 2.05) is 29.1 Å². The molecule has 0 saturated carbocycles. The zero-order valence-electron chi connectivity index (χ0n) is 21.1. The van der Waals surface area contributed by atoms with Gasteiger partial charge in [0.05, 0.1) is 17.6 Å². The van der Waals surface area contributed by atoms with Gasteiger partial charge in [0.1, 0.15) is 11.6 Å². The lowest BCUT2D eigenvalue weighted by Gasteiger charge is -2.30. The summed E-state index contributed by atoms with van der Waals surface area (Å²) in [7, 11) is 0. The Morgan fingerprint density at radius 1 is 1.03 bits per heavy atom. The van der Waals surface area contributed by atoms with Crippen LogP contribution < -0.4 is 5.32 Å². The number of fused-ring (bicyclic) bond motifs is 1. The number of phenols is 1. The number of aromatic hydroxyl groups is 1. The van der Waals surface area contributed by atoms with Crippen molar-refractivity contribution in [3.05, 3.63) is 124 Å². The summed E-state index contributed by atoms with van der Waals surface area (Å²) < 4.78 is 15.5. The van der Waals surface area contributed by atoms with Crippen LogP contribution in [-0.4, -0.2) is 14.9 Å². The number of allylic oxidation sites excluding steroid dienone is 2. The second-order valence-corrected chi connectivity index (χ2v) is 10.3. The van der Waals surface area contributed by atoms with E-state index in [0.717, 1.165) is 36.9 Å². The van der Waals surface area contributed by atoms with E-state index in [9.17, 15) is 9.50 Å². The summed E-state index contributed by atoms with van der Waals surface area (Å²) in [6, 6.07) is 25.0. The van der Waals surface area contributed by atoms with Crippen LogP contribution in [0.15, 0.2) is 96.2 Å². The third-order valence-electron chi connectivity index (χ3n) is 8.18. The van der Waals surface area contributed by atoms with Crippen molar-refractivity contribution in [2.24, 2.45) is 5.92 Å². The van der Waals surface area contributed by atoms with Crippen LogP contribution in [0.3, 0.4) is 0 Å². The van der Waals surface area contributed by atoms with E-state index in [0.29, 0.717) is 24.1 Å². The monoisotopic (exact) mass is 493 g/mol. The van der Waals surface area contributed by atoms with Crippen molar-refractivity contribution in [1.82, 2.24) is 15.1 Å². The Morgan fingerprint density at radius 3 is 2.57 bits per heavy atom. The fourth-order valence-electron chi connectivity index (χ4n) is 6.33. The van der Waals surface area contributed by atoms with Crippen molar-refractivity contribution in [3.8, 4) is 11.4 Å². The lowest BCUT2D eigenvalue weighted by molar-refractivity contribution is 0.404. The van der Waals surface area contributed by atoms with Crippen molar-refractivity contribution >= 4 is 0 Å². The molecule has 4 aromatic rings. The van der Waals surface area contributed by atoms with Gasteiger partial charge in [0, 0.05) is 36.1 Å². The Balaban J connectivity index is 1.25. The molecule has 0 amide bonds. The molecule has 2 N–H and O–H groups in total. The van der Waals surface area contributed by atoms with Gasteiger partial charge < -0.3 is 10.4 Å². The Labute approximate surface area is 217 Å². The summed E-state index contributed by atoms with van der Waals surface area (Å²) in [5.41, 5.74) is 8.74. The third-order valence-corrected chi connectivity index (χ3v) is 8.18. The van der Waals surface area contributed by atoms with Crippen LogP contribution in [-0.2, 0) is 13.0 Å². The normalized spacial score (nSPS) is 19.5. The molecule has 0 fully saturated rings. The molecule has 1 aromatic heterocycles. The first-order valence-corrected chi connectivity index (χ1v) is 13.2. The molecule has 5 heteroatoms. The Morgan fingerprint density at radius 2 is 1.78 bits per heavy atom. The first-order chi connectivity index (χ1) is 18.1. The highest BCUT2D eigenvalue weighted by Gasteiger charge is 2.37. The average molecular weight is 494 g/mol. The number of hydrogen-bond donors (Lipinski definition) is 2. The summed E-state index contributed by atoms with van der Waals surface area (Å²) in [5.74, 6) is 0.912. The van der Waals surface area contributed by atoms with Crippen molar-refractivity contribution in [2.75, 3.05) is 0 Å².